The van der Waals surface area contributed by atoms with Crippen molar-refractivity contribution >= 4 is 33.2 Å². The van der Waals surface area contributed by atoms with Gasteiger partial charge in [0.05, 0.1) is 5.69 Å². The van der Waals surface area contributed by atoms with E-state index in [-0.39, 0.29) is 5.91 Å². The summed E-state index contributed by atoms with van der Waals surface area (Å²) >= 11 is 5.30. The number of benzene rings is 1. The Morgan fingerprint density at radius 2 is 2.06 bits per heavy atom. The lowest BCUT2D eigenvalue weighted by Crippen LogP contribution is -2.22. The molecule has 100 valence electrons. The van der Waals surface area contributed by atoms with Gasteiger partial charge in [-0.2, -0.15) is 0 Å². The van der Waals surface area contributed by atoms with Crippen molar-refractivity contribution in [1.82, 2.24) is 5.32 Å². The predicted molar refractivity (Wildman–Crippen MR) is 72.4 cm³/mol. The van der Waals surface area contributed by atoms with E-state index in [1.807, 2.05) is 6.92 Å². The number of sulfonamides is 1. The van der Waals surface area contributed by atoms with Gasteiger partial charge in [-0.25, -0.2) is 8.42 Å². The molecule has 18 heavy (non-hydrogen) atoms. The number of aryl methyl sites for hydroxylation is 1. The zero-order valence-electron chi connectivity index (χ0n) is 10.2. The van der Waals surface area contributed by atoms with E-state index in [0.717, 1.165) is 0 Å². The molecule has 7 heteroatoms. The average molecular weight is 291 g/mol. The number of amides is 1. The molecule has 0 aromatic heterocycles. The van der Waals surface area contributed by atoms with Crippen molar-refractivity contribution in [3.8, 4) is 0 Å². The Bertz CT molecular complexity index is 543. The van der Waals surface area contributed by atoms with Crippen molar-refractivity contribution in [2.24, 2.45) is 0 Å². The molecular formula is C11H15ClN2O3S. The summed E-state index contributed by atoms with van der Waals surface area (Å²) in [7, 11) is -3.52. The zero-order valence-corrected chi connectivity index (χ0v) is 11.7. The lowest BCUT2D eigenvalue weighted by molar-refractivity contribution is 0.0956. The number of nitrogens with one attached hydrogen (secondary N) is 2. The van der Waals surface area contributed by atoms with E-state index < -0.39 is 15.2 Å². The third kappa shape index (κ3) is 3.89. The van der Waals surface area contributed by atoms with Gasteiger partial charge >= 0.3 is 0 Å². The van der Waals surface area contributed by atoms with Gasteiger partial charge in [0.1, 0.15) is 5.21 Å². The van der Waals surface area contributed by atoms with Crippen LogP contribution in [0.25, 0.3) is 0 Å². The molecule has 5 nitrogen and oxygen atoms in total. The highest BCUT2D eigenvalue weighted by molar-refractivity contribution is 7.93. The van der Waals surface area contributed by atoms with Crippen LogP contribution >= 0.6 is 11.6 Å². The van der Waals surface area contributed by atoms with E-state index >= 15 is 0 Å². The number of anilines is 1. The maximum Gasteiger partial charge on any atom is 0.251 e. The fourth-order valence-corrected chi connectivity index (χ4v) is 2.16. The second-order valence-electron chi connectivity index (χ2n) is 3.72. The van der Waals surface area contributed by atoms with Crippen molar-refractivity contribution in [1.29, 1.82) is 0 Å². The molecular weight excluding hydrogens is 276 g/mol. The summed E-state index contributed by atoms with van der Waals surface area (Å²) in [5.74, 6) is -0.188. The molecule has 0 aliphatic carbocycles. The van der Waals surface area contributed by atoms with Crippen molar-refractivity contribution in [2.45, 2.75) is 13.8 Å². The molecule has 1 aromatic rings. The third-order valence-electron chi connectivity index (χ3n) is 2.24. The van der Waals surface area contributed by atoms with Crippen LogP contribution in [-0.2, 0) is 10.0 Å². The quantitative estimate of drug-likeness (QED) is 0.810. The number of carbonyl (C=O) groups is 1. The Kier molecular flexibility index (Phi) is 4.98. The smallest absolute Gasteiger partial charge is 0.251 e. The maximum atomic E-state index is 11.6. The SMILES string of the molecule is CCNC(=O)c1ccc(NS(=O)(=O)CCl)c(C)c1. The van der Waals surface area contributed by atoms with Crippen LogP contribution in [0.2, 0.25) is 0 Å². The van der Waals surface area contributed by atoms with Crippen molar-refractivity contribution in [3.05, 3.63) is 29.3 Å². The van der Waals surface area contributed by atoms with Crippen molar-refractivity contribution < 1.29 is 13.2 Å². The van der Waals surface area contributed by atoms with Gasteiger partial charge in [-0.05, 0) is 37.6 Å². The molecule has 1 rings (SSSR count). The summed E-state index contributed by atoms with van der Waals surface area (Å²) in [6, 6.07) is 4.73. The Morgan fingerprint density at radius 3 is 2.56 bits per heavy atom. The maximum absolute atomic E-state index is 11.6. The zero-order chi connectivity index (χ0) is 13.8. The molecule has 0 spiro atoms. The molecule has 1 amide bonds. The second-order valence-corrected chi connectivity index (χ2v) is 6.02. The van der Waals surface area contributed by atoms with Gasteiger partial charge < -0.3 is 5.32 Å². The first-order chi connectivity index (χ1) is 8.39. The standard InChI is InChI=1S/C11H15ClN2O3S/c1-3-13-11(15)9-4-5-10(8(2)6-9)14-18(16,17)7-12/h4-6,14H,3,7H2,1-2H3,(H,13,15). The van der Waals surface area contributed by atoms with Gasteiger partial charge in [-0.3, -0.25) is 9.52 Å². The topological polar surface area (TPSA) is 75.3 Å². The first kappa shape index (κ1) is 14.8. The Balaban J connectivity index is 2.97. The van der Waals surface area contributed by atoms with Gasteiger partial charge in [0.2, 0.25) is 10.0 Å². The van der Waals surface area contributed by atoms with Crippen molar-refractivity contribution in [3.63, 3.8) is 0 Å². The summed E-state index contributed by atoms with van der Waals surface area (Å²) in [4.78, 5) is 11.6. The predicted octanol–water partition coefficient (Wildman–Crippen LogP) is 1.68. The molecule has 0 unspecified atom stereocenters. The van der Waals surface area contributed by atoms with Crippen LogP contribution in [-0.4, -0.2) is 26.1 Å². The Hall–Kier alpha value is -1.27. The highest BCUT2D eigenvalue weighted by Gasteiger charge is 2.11. The molecule has 0 saturated heterocycles. The number of carbonyl (C=O) groups excluding carboxylic acids is 1. The van der Waals surface area contributed by atoms with Crippen LogP contribution in [0.3, 0.4) is 0 Å². The van der Waals surface area contributed by atoms with E-state index in [9.17, 15) is 13.2 Å². The molecule has 0 bridgehead atoms. The van der Waals surface area contributed by atoms with Gasteiger partial charge in [-0.15, -0.1) is 11.6 Å². The molecule has 0 radical (unpaired) electrons. The largest absolute Gasteiger partial charge is 0.352 e. The number of halogens is 1. The minimum absolute atomic E-state index is 0.188. The second kappa shape index (κ2) is 6.06. The van der Waals surface area contributed by atoms with E-state index in [1.54, 1.807) is 25.1 Å². The van der Waals surface area contributed by atoms with Gasteiger partial charge in [0, 0.05) is 12.1 Å². The molecule has 0 atom stereocenters. The van der Waals surface area contributed by atoms with Crippen LogP contribution in [0.5, 0.6) is 0 Å². The van der Waals surface area contributed by atoms with Gasteiger partial charge in [0.25, 0.3) is 5.91 Å². The Labute approximate surface area is 112 Å². The molecule has 0 heterocycles. The number of alkyl halides is 1. The summed E-state index contributed by atoms with van der Waals surface area (Å²) in [5.41, 5.74) is 1.57. The number of hydrogen-bond donors (Lipinski definition) is 2. The van der Waals surface area contributed by atoms with Crippen LogP contribution in [0.1, 0.15) is 22.8 Å². The molecule has 0 saturated carbocycles. The highest BCUT2D eigenvalue weighted by atomic mass is 35.5. The normalized spacial score (nSPS) is 11.1. The van der Waals surface area contributed by atoms with E-state index in [2.05, 4.69) is 10.0 Å². The van der Waals surface area contributed by atoms with E-state index in [4.69, 9.17) is 11.6 Å². The lowest BCUT2D eigenvalue weighted by Gasteiger charge is -2.10. The van der Waals surface area contributed by atoms with Crippen molar-refractivity contribution in [2.75, 3.05) is 16.5 Å². The highest BCUT2D eigenvalue weighted by Crippen LogP contribution is 2.18. The number of hydrogen-bond acceptors (Lipinski definition) is 3. The molecule has 0 aliphatic heterocycles. The summed E-state index contributed by atoms with van der Waals surface area (Å²) in [6.45, 7) is 4.08. The minimum Gasteiger partial charge on any atom is -0.352 e. The first-order valence-corrected chi connectivity index (χ1v) is 7.53. The molecule has 1 aromatic carbocycles. The van der Waals surface area contributed by atoms with Crippen LogP contribution in [0.15, 0.2) is 18.2 Å². The lowest BCUT2D eigenvalue weighted by atomic mass is 10.1. The molecule has 0 fully saturated rings. The van der Waals surface area contributed by atoms with Gasteiger partial charge in [0.15, 0.2) is 0 Å². The monoisotopic (exact) mass is 290 g/mol. The van der Waals surface area contributed by atoms with E-state index in [1.165, 1.54) is 0 Å². The van der Waals surface area contributed by atoms with Crippen LogP contribution < -0.4 is 10.0 Å². The molecule has 0 aliphatic rings. The van der Waals surface area contributed by atoms with Gasteiger partial charge in [-0.1, -0.05) is 0 Å². The average Bonchev–Trinajstić information content (AvgIpc) is 2.32. The minimum atomic E-state index is -3.52. The first-order valence-electron chi connectivity index (χ1n) is 5.35. The Morgan fingerprint density at radius 1 is 1.39 bits per heavy atom. The number of rotatable bonds is 5. The third-order valence-corrected chi connectivity index (χ3v) is 3.92. The molecule has 2 N–H and O–H groups in total. The fourth-order valence-electron chi connectivity index (χ4n) is 1.38. The van der Waals surface area contributed by atoms with Crippen LogP contribution in [0, 0.1) is 6.92 Å². The fraction of sp³-hybridized carbons (Fsp3) is 0.364. The summed E-state index contributed by atoms with van der Waals surface area (Å²) < 4.78 is 25.0. The van der Waals surface area contributed by atoms with Crippen LogP contribution in [0.4, 0.5) is 5.69 Å². The summed E-state index contributed by atoms with van der Waals surface area (Å²) in [5, 5.41) is 2.16. The van der Waals surface area contributed by atoms with E-state index in [0.29, 0.717) is 23.4 Å². The summed E-state index contributed by atoms with van der Waals surface area (Å²) in [6.07, 6.45) is 0.